The molecule has 4 aromatic carbocycles. The average molecular weight is 692 g/mol. The fraction of sp³-hybridized carbons (Fsp3) is 0. The Kier molecular flexibility index (Phi) is 13.5. The number of hydroxylamine groups is 4. The van der Waals surface area contributed by atoms with Gasteiger partial charge in [0, 0.05) is 0 Å². The number of carbonyl (C=O) groups excluding carboxylic acids is 6. The first-order valence-corrected chi connectivity index (χ1v) is 13.4. The van der Waals surface area contributed by atoms with Crippen LogP contribution in [-0.2, 0) is 4.74 Å². The van der Waals surface area contributed by atoms with Crippen LogP contribution in [0.1, 0.15) is 82.9 Å². The third kappa shape index (κ3) is 8.30. The van der Waals surface area contributed by atoms with Crippen molar-refractivity contribution in [3.8, 4) is 0 Å². The van der Waals surface area contributed by atoms with Crippen LogP contribution in [0.25, 0.3) is 0 Å². The van der Waals surface area contributed by atoms with Crippen LogP contribution in [0.5, 0.6) is 0 Å². The molecule has 0 fully saturated rings. The molecule has 0 saturated heterocycles. The van der Waals surface area contributed by atoms with Crippen molar-refractivity contribution in [3.05, 3.63) is 142 Å². The number of nitrogens with zero attached hydrogens (tertiary/aromatic N) is 2. The van der Waals surface area contributed by atoms with Crippen LogP contribution in [0.2, 0.25) is 0 Å². The molecule has 0 unspecified atom stereocenters. The largest absolute Gasteiger partial charge is 0.478 e. The van der Waals surface area contributed by atoms with Crippen LogP contribution in [0.4, 0.5) is 0 Å². The zero-order chi connectivity index (χ0) is 36.4. The van der Waals surface area contributed by atoms with Crippen LogP contribution in [0.15, 0.2) is 97.1 Å². The number of carbonyl (C=O) groups is 8. The predicted molar refractivity (Wildman–Crippen MR) is 164 cm³/mol. The number of ether oxygens (including phenoxy) is 1. The third-order valence-electron chi connectivity index (χ3n) is 6.49. The molecule has 18 heteroatoms. The van der Waals surface area contributed by atoms with Gasteiger partial charge in [0.15, 0.2) is 0 Å². The van der Waals surface area contributed by atoms with E-state index in [2.05, 4.69) is 10.6 Å². The summed E-state index contributed by atoms with van der Waals surface area (Å²) in [5.74, 6) is -2.69. The summed E-state index contributed by atoms with van der Waals surface area (Å²) in [6, 6.07) is 24.6. The molecular weight excluding hydrogens is 666 g/mol. The minimum atomic E-state index is -1.23. The van der Waals surface area contributed by atoms with Crippen molar-refractivity contribution in [2.45, 2.75) is 0 Å². The lowest BCUT2D eigenvalue weighted by atomic mass is 10.1. The Labute approximate surface area is 279 Å². The van der Waals surface area contributed by atoms with Crippen molar-refractivity contribution in [3.63, 3.8) is 0 Å². The zero-order valence-electron chi connectivity index (χ0n) is 25.1. The number of hydrogen-bond donors (Lipinski definition) is 6. The minimum absolute atomic E-state index is 0. The maximum atomic E-state index is 11.1. The van der Waals surface area contributed by atoms with Crippen molar-refractivity contribution < 1.29 is 74.4 Å². The van der Waals surface area contributed by atoms with E-state index in [1.54, 1.807) is 48.5 Å². The van der Waals surface area contributed by atoms with Gasteiger partial charge in [0.05, 0.1) is 44.5 Å². The van der Waals surface area contributed by atoms with Gasteiger partial charge in [0.1, 0.15) is 0 Å². The van der Waals surface area contributed by atoms with Gasteiger partial charge in [-0.2, -0.15) is 0 Å². The van der Waals surface area contributed by atoms with Crippen molar-refractivity contribution >= 4 is 47.5 Å². The van der Waals surface area contributed by atoms with Gasteiger partial charge >= 0.3 is 23.9 Å². The van der Waals surface area contributed by atoms with E-state index in [-0.39, 0.29) is 49.0 Å². The van der Waals surface area contributed by atoms with Crippen LogP contribution >= 0.6 is 0 Å². The quantitative estimate of drug-likeness (QED) is 0.0575. The molecule has 7 rings (SSSR count). The molecule has 0 saturated carbocycles. The molecule has 0 spiro atoms. The van der Waals surface area contributed by atoms with Crippen molar-refractivity contribution in [1.82, 2.24) is 10.1 Å². The highest BCUT2D eigenvalue weighted by molar-refractivity contribution is 6.21. The minimum Gasteiger partial charge on any atom is -0.478 e. The molecule has 4 amide bonds. The second-order valence-corrected chi connectivity index (χ2v) is 9.31. The Morgan fingerprint density at radius 2 is 0.680 bits per heavy atom. The van der Waals surface area contributed by atoms with E-state index in [0.717, 1.165) is 0 Å². The van der Waals surface area contributed by atoms with Crippen LogP contribution in [0, 0.1) is 0 Å². The van der Waals surface area contributed by atoms with E-state index in [1.807, 2.05) is 0 Å². The molecule has 0 aromatic heterocycles. The second-order valence-electron chi connectivity index (χ2n) is 9.31. The Morgan fingerprint density at radius 1 is 0.460 bits per heavy atom. The smallest absolute Gasteiger partial charge is 0.346 e. The lowest BCUT2D eigenvalue weighted by Crippen LogP contribution is -2.25. The first-order valence-electron chi connectivity index (χ1n) is 13.4. The molecule has 258 valence electrons. The number of carboxylic acids is 2. The number of rotatable bonds is 2. The summed E-state index contributed by atoms with van der Waals surface area (Å²) in [5, 5.41) is 41.7. The van der Waals surface area contributed by atoms with Crippen LogP contribution in [-0.4, -0.2) is 88.9 Å². The highest BCUT2D eigenvalue weighted by atomic mass is 16.6. The number of nitrogens with two attached hydrogens (primary N) is 1. The number of carboxylic acid groups (broad SMARTS) is 2. The number of esters is 2. The van der Waals surface area contributed by atoms with Gasteiger partial charge in [-0.15, -0.1) is 10.1 Å². The molecular formula is C32H25N3O15. The summed E-state index contributed by atoms with van der Waals surface area (Å²) in [5.41, 5.74) is 1.36. The Hall–Kier alpha value is -6.96. The van der Waals surface area contributed by atoms with Gasteiger partial charge in [-0.05, 0) is 48.5 Å². The van der Waals surface area contributed by atoms with E-state index in [1.165, 1.54) is 48.5 Å². The Bertz CT molecular complexity index is 1780. The first-order chi connectivity index (χ1) is 23.3. The standard InChI is InChI=1S/2C8H5NO3.C8H6O4.C8H4O3.H3NO.H2O/c2*10-7-5-3-1-2-4-6(5)8(11)9(7)12;9-7(10)5-3-1-2-4-6(5)8(11)12;9-7-5-3-1-2-4-6(5)8(10)11-7;1-2;/h2*1-4,12H;1-4H,(H,9,10)(H,11,12);1-4H;2H,1H2;1H2. The summed E-state index contributed by atoms with van der Waals surface area (Å²) in [6.45, 7) is 0. The van der Waals surface area contributed by atoms with Gasteiger partial charge in [0.25, 0.3) is 23.6 Å². The second kappa shape index (κ2) is 17.3. The van der Waals surface area contributed by atoms with E-state index in [4.69, 9.17) is 25.8 Å². The van der Waals surface area contributed by atoms with Gasteiger partial charge in [-0.1, -0.05) is 48.5 Å². The number of hydrogen-bond acceptors (Lipinski definition) is 13. The predicted octanol–water partition coefficient (Wildman–Crippen LogP) is 1.93. The summed E-state index contributed by atoms with van der Waals surface area (Å²) < 4.78 is 4.35. The molecule has 18 nitrogen and oxygen atoms in total. The molecule has 4 aromatic rings. The van der Waals surface area contributed by atoms with Crippen molar-refractivity contribution in [2.75, 3.05) is 0 Å². The molecule has 50 heavy (non-hydrogen) atoms. The third-order valence-corrected chi connectivity index (χ3v) is 6.49. The van der Waals surface area contributed by atoms with E-state index in [9.17, 15) is 38.4 Å². The summed E-state index contributed by atoms with van der Waals surface area (Å²) in [6.07, 6.45) is 0. The Balaban J connectivity index is 0.000000226. The number of aromatic carboxylic acids is 2. The molecule has 0 aliphatic carbocycles. The molecule has 0 bridgehead atoms. The highest BCUT2D eigenvalue weighted by Crippen LogP contribution is 2.21. The van der Waals surface area contributed by atoms with E-state index < -0.39 is 47.5 Å². The first kappa shape index (κ1) is 39.2. The number of cyclic esters (lactones) is 2. The molecule has 9 N–H and O–H groups in total. The molecule has 3 aliphatic heterocycles. The number of amides is 4. The average Bonchev–Trinajstić information content (AvgIpc) is 3.63. The van der Waals surface area contributed by atoms with Crippen LogP contribution in [0.3, 0.4) is 0 Å². The van der Waals surface area contributed by atoms with Gasteiger partial charge < -0.3 is 25.6 Å². The summed E-state index contributed by atoms with van der Waals surface area (Å²) in [4.78, 5) is 86.8. The Morgan fingerprint density at radius 3 is 0.920 bits per heavy atom. The van der Waals surface area contributed by atoms with Crippen LogP contribution < -0.4 is 5.90 Å². The molecule has 0 radical (unpaired) electrons. The summed E-state index contributed by atoms with van der Waals surface area (Å²) in [7, 11) is 0. The topological polar surface area (TPSA) is 311 Å². The van der Waals surface area contributed by atoms with Crippen molar-refractivity contribution in [2.24, 2.45) is 5.90 Å². The fourth-order valence-electron chi connectivity index (χ4n) is 4.24. The van der Waals surface area contributed by atoms with Gasteiger partial charge in [-0.3, -0.25) is 29.6 Å². The van der Waals surface area contributed by atoms with E-state index >= 15 is 0 Å². The lowest BCUT2D eigenvalue weighted by Gasteiger charge is -1.99. The van der Waals surface area contributed by atoms with Gasteiger partial charge in [-0.25, -0.2) is 25.1 Å². The molecule has 3 aliphatic rings. The SMILES string of the molecule is NO.O.O=C(O)c1ccccc1C(=O)O.O=C1OC(=O)c2ccccc21.O=C1c2ccccc2C(=O)N1O.O=C1c2ccccc2C(=O)N1O. The highest BCUT2D eigenvalue weighted by Gasteiger charge is 2.35. The summed E-state index contributed by atoms with van der Waals surface area (Å²) >= 11 is 0. The maximum absolute atomic E-state index is 11.1. The number of benzene rings is 4. The number of fused-ring (bicyclic) bond motifs is 3. The van der Waals surface area contributed by atoms with Gasteiger partial charge in [0.2, 0.25) is 0 Å². The normalized spacial score (nSPS) is 12.9. The molecule has 0 atom stereocenters. The number of imide groups is 2. The monoisotopic (exact) mass is 691 g/mol. The maximum Gasteiger partial charge on any atom is 0.346 e. The van der Waals surface area contributed by atoms with E-state index in [0.29, 0.717) is 11.1 Å². The van der Waals surface area contributed by atoms with Crippen molar-refractivity contribution in [1.29, 1.82) is 0 Å². The zero-order valence-corrected chi connectivity index (χ0v) is 25.1. The molecule has 3 heterocycles. The lowest BCUT2D eigenvalue weighted by molar-refractivity contribution is -0.0330. The fourth-order valence-corrected chi connectivity index (χ4v) is 4.24.